The van der Waals surface area contributed by atoms with E-state index in [-0.39, 0.29) is 12.5 Å². The number of nitrogens with zero attached hydrogens (tertiary/aromatic N) is 4. The van der Waals surface area contributed by atoms with Crippen LogP contribution < -0.4 is 0 Å². The van der Waals surface area contributed by atoms with Gasteiger partial charge in [-0.25, -0.2) is 0 Å². The van der Waals surface area contributed by atoms with Gasteiger partial charge in [-0.15, -0.1) is 0 Å². The van der Waals surface area contributed by atoms with E-state index in [1.165, 1.54) is 0 Å². The first-order valence-electron chi connectivity index (χ1n) is 8.79. The Balaban J connectivity index is 1.68. The Labute approximate surface area is 157 Å². The van der Waals surface area contributed by atoms with Crippen molar-refractivity contribution >= 4 is 28.4 Å². The third-order valence-corrected chi connectivity index (χ3v) is 5.14. The molecular weight excluding hydrogens is 348 g/mol. The molecule has 5 nitrogen and oxygen atoms in total. The molecule has 0 unspecified atom stereocenters. The maximum Gasteiger partial charge on any atom is 0.244 e. The maximum absolute atomic E-state index is 12.8. The lowest BCUT2D eigenvalue weighted by atomic mass is 10.1. The molecule has 1 fully saturated rings. The minimum Gasteiger partial charge on any atom is -0.339 e. The largest absolute Gasteiger partial charge is 0.339 e. The fourth-order valence-corrected chi connectivity index (χ4v) is 3.54. The number of piperazine rings is 1. The fraction of sp³-hybridized carbons (Fsp3) is 0.300. The second-order valence-corrected chi connectivity index (χ2v) is 7.15. The molecule has 1 aromatic heterocycles. The summed E-state index contributed by atoms with van der Waals surface area (Å²) < 4.78 is 1.80. The van der Waals surface area contributed by atoms with Crippen LogP contribution in [0.15, 0.2) is 48.5 Å². The summed E-state index contributed by atoms with van der Waals surface area (Å²) in [6.45, 7) is 3.61. The van der Waals surface area contributed by atoms with E-state index in [4.69, 9.17) is 16.7 Å². The van der Waals surface area contributed by atoms with Crippen LogP contribution in [-0.4, -0.2) is 58.7 Å². The second-order valence-electron chi connectivity index (χ2n) is 6.72. The molecule has 2 heterocycles. The summed E-state index contributed by atoms with van der Waals surface area (Å²) in [5.41, 5.74) is 2.80. The van der Waals surface area contributed by atoms with Gasteiger partial charge in [-0.05, 0) is 25.2 Å². The molecule has 0 saturated carbocycles. The number of carbonyl (C=O) groups excluding carboxylic acids is 1. The molecule has 1 aliphatic rings. The number of benzene rings is 2. The van der Waals surface area contributed by atoms with Crippen LogP contribution in [-0.2, 0) is 11.3 Å². The summed E-state index contributed by atoms with van der Waals surface area (Å²) in [7, 11) is 2.08. The van der Waals surface area contributed by atoms with Crippen molar-refractivity contribution in [1.29, 1.82) is 0 Å². The van der Waals surface area contributed by atoms with Crippen LogP contribution in [0.2, 0.25) is 5.02 Å². The maximum atomic E-state index is 12.8. The fourth-order valence-electron chi connectivity index (χ4n) is 3.37. The van der Waals surface area contributed by atoms with Gasteiger partial charge in [0.1, 0.15) is 12.2 Å². The van der Waals surface area contributed by atoms with Crippen LogP contribution in [0, 0.1) is 0 Å². The first-order valence-corrected chi connectivity index (χ1v) is 9.17. The van der Waals surface area contributed by atoms with Crippen molar-refractivity contribution in [3.8, 4) is 11.3 Å². The highest BCUT2D eigenvalue weighted by Crippen LogP contribution is 2.30. The molecule has 0 spiro atoms. The number of hydrogen-bond donors (Lipinski definition) is 0. The Hall–Kier alpha value is -2.37. The summed E-state index contributed by atoms with van der Waals surface area (Å²) in [4.78, 5) is 16.9. The van der Waals surface area contributed by atoms with E-state index in [2.05, 4.69) is 11.9 Å². The summed E-state index contributed by atoms with van der Waals surface area (Å²) in [6, 6.07) is 15.7. The number of aromatic nitrogens is 2. The van der Waals surface area contributed by atoms with Gasteiger partial charge >= 0.3 is 0 Å². The zero-order valence-electron chi connectivity index (χ0n) is 14.7. The lowest BCUT2D eigenvalue weighted by Gasteiger charge is -2.32. The minimum absolute atomic E-state index is 0.108. The zero-order chi connectivity index (χ0) is 18.1. The van der Waals surface area contributed by atoms with Crippen molar-refractivity contribution in [1.82, 2.24) is 19.6 Å². The molecule has 3 aromatic rings. The Bertz CT molecular complexity index is 930. The van der Waals surface area contributed by atoms with Gasteiger partial charge in [0.25, 0.3) is 0 Å². The third-order valence-electron chi connectivity index (χ3n) is 4.90. The quantitative estimate of drug-likeness (QED) is 0.713. The molecular formula is C20H21ClN4O. The first-order chi connectivity index (χ1) is 12.6. The minimum atomic E-state index is 0.108. The van der Waals surface area contributed by atoms with Crippen molar-refractivity contribution in [2.75, 3.05) is 33.2 Å². The molecule has 134 valence electrons. The molecule has 0 bridgehead atoms. The van der Waals surface area contributed by atoms with Gasteiger partial charge in [0.2, 0.25) is 5.91 Å². The Morgan fingerprint density at radius 3 is 2.54 bits per heavy atom. The van der Waals surface area contributed by atoms with Crippen molar-refractivity contribution in [2.45, 2.75) is 6.54 Å². The Morgan fingerprint density at radius 1 is 1.08 bits per heavy atom. The number of rotatable bonds is 3. The number of hydrogen-bond acceptors (Lipinski definition) is 3. The molecule has 0 N–H and O–H groups in total. The topological polar surface area (TPSA) is 41.4 Å². The van der Waals surface area contributed by atoms with E-state index in [1.54, 1.807) is 4.68 Å². The molecule has 0 atom stereocenters. The van der Waals surface area contributed by atoms with E-state index in [0.717, 1.165) is 48.3 Å². The summed E-state index contributed by atoms with van der Waals surface area (Å²) >= 11 is 6.21. The lowest BCUT2D eigenvalue weighted by molar-refractivity contribution is -0.133. The molecule has 0 aliphatic carbocycles. The Morgan fingerprint density at radius 2 is 1.81 bits per heavy atom. The normalized spacial score (nSPS) is 15.5. The Kier molecular flexibility index (Phi) is 4.66. The number of likely N-dealkylation sites (N-methyl/N-ethyl adjacent to an activating group) is 1. The molecule has 6 heteroatoms. The lowest BCUT2D eigenvalue weighted by Crippen LogP contribution is -2.48. The summed E-state index contributed by atoms with van der Waals surface area (Å²) in [5, 5.41) is 6.38. The summed E-state index contributed by atoms with van der Waals surface area (Å²) in [6.07, 6.45) is 0. The number of carbonyl (C=O) groups is 1. The average Bonchev–Trinajstić information content (AvgIpc) is 3.00. The van der Waals surface area contributed by atoms with E-state index >= 15 is 0 Å². The van der Waals surface area contributed by atoms with E-state index < -0.39 is 0 Å². The number of halogens is 1. The molecule has 1 saturated heterocycles. The van der Waals surface area contributed by atoms with Crippen molar-refractivity contribution in [3.63, 3.8) is 0 Å². The number of amides is 1. The van der Waals surface area contributed by atoms with Crippen LogP contribution >= 0.6 is 11.6 Å². The van der Waals surface area contributed by atoms with E-state index in [1.807, 2.05) is 53.4 Å². The van der Waals surface area contributed by atoms with Crippen LogP contribution in [0.3, 0.4) is 0 Å². The molecule has 26 heavy (non-hydrogen) atoms. The number of fused-ring (bicyclic) bond motifs is 1. The third kappa shape index (κ3) is 3.32. The highest BCUT2D eigenvalue weighted by molar-refractivity contribution is 6.31. The van der Waals surface area contributed by atoms with Gasteiger partial charge in [-0.1, -0.05) is 41.9 Å². The second kappa shape index (κ2) is 7.09. The van der Waals surface area contributed by atoms with Crippen LogP contribution in [0.4, 0.5) is 0 Å². The van der Waals surface area contributed by atoms with Crippen LogP contribution in [0.1, 0.15) is 0 Å². The van der Waals surface area contributed by atoms with Crippen LogP contribution in [0.25, 0.3) is 22.2 Å². The molecule has 2 aromatic carbocycles. The molecule has 1 amide bonds. The van der Waals surface area contributed by atoms with Gasteiger partial charge in [0, 0.05) is 42.2 Å². The van der Waals surface area contributed by atoms with Crippen molar-refractivity contribution in [2.24, 2.45) is 0 Å². The van der Waals surface area contributed by atoms with Crippen molar-refractivity contribution < 1.29 is 4.79 Å². The highest BCUT2D eigenvalue weighted by atomic mass is 35.5. The molecule has 4 rings (SSSR count). The zero-order valence-corrected chi connectivity index (χ0v) is 15.5. The molecule has 0 radical (unpaired) electrons. The van der Waals surface area contributed by atoms with Crippen molar-refractivity contribution in [3.05, 3.63) is 53.6 Å². The summed E-state index contributed by atoms with van der Waals surface area (Å²) in [5.74, 6) is 0.108. The average molecular weight is 369 g/mol. The first kappa shape index (κ1) is 17.1. The highest BCUT2D eigenvalue weighted by Gasteiger charge is 2.21. The van der Waals surface area contributed by atoms with Gasteiger partial charge in [0.05, 0.1) is 5.52 Å². The smallest absolute Gasteiger partial charge is 0.244 e. The SMILES string of the molecule is CN1CCN(C(=O)Cn2nc(-c3ccccc3)c3cc(Cl)ccc32)CC1. The van der Waals surface area contributed by atoms with Gasteiger partial charge in [-0.3, -0.25) is 9.48 Å². The van der Waals surface area contributed by atoms with E-state index in [9.17, 15) is 4.79 Å². The molecule has 1 aliphatic heterocycles. The van der Waals surface area contributed by atoms with Crippen LogP contribution in [0.5, 0.6) is 0 Å². The van der Waals surface area contributed by atoms with Gasteiger partial charge in [0.15, 0.2) is 0 Å². The predicted molar refractivity (Wildman–Crippen MR) is 104 cm³/mol. The van der Waals surface area contributed by atoms with Gasteiger partial charge in [-0.2, -0.15) is 5.10 Å². The predicted octanol–water partition coefficient (Wildman–Crippen LogP) is 3.13. The standard InChI is InChI=1S/C20H21ClN4O/c1-23-9-11-24(12-10-23)19(26)14-25-18-8-7-16(21)13-17(18)20(22-25)15-5-3-2-4-6-15/h2-8,13H,9-12,14H2,1H3. The monoisotopic (exact) mass is 368 g/mol. The van der Waals surface area contributed by atoms with Gasteiger partial charge < -0.3 is 9.80 Å². The van der Waals surface area contributed by atoms with E-state index in [0.29, 0.717) is 5.02 Å².